The van der Waals surface area contributed by atoms with Gasteiger partial charge in [-0.25, -0.2) is 4.98 Å². The summed E-state index contributed by atoms with van der Waals surface area (Å²) in [5, 5.41) is 2.25. The van der Waals surface area contributed by atoms with E-state index in [2.05, 4.69) is 6.26 Å². The highest BCUT2D eigenvalue weighted by molar-refractivity contribution is 7.98. The molecular weight excluding hydrogens is 236 g/mol. The molecule has 0 aliphatic heterocycles. The Hall–Kier alpha value is -0.220. The Labute approximate surface area is 106 Å². The maximum absolute atomic E-state index is 6.04. The lowest BCUT2D eigenvalue weighted by molar-refractivity contribution is 0.442. The second-order valence-corrected chi connectivity index (χ2v) is 6.49. The van der Waals surface area contributed by atoms with E-state index < -0.39 is 0 Å². The van der Waals surface area contributed by atoms with Gasteiger partial charge in [0.1, 0.15) is 5.00 Å². The van der Waals surface area contributed by atoms with E-state index >= 15 is 0 Å². The summed E-state index contributed by atoms with van der Waals surface area (Å²) in [5.41, 5.74) is 7.17. The molecule has 1 aliphatic carbocycles. The van der Waals surface area contributed by atoms with Crippen LogP contribution in [0.25, 0.3) is 0 Å². The number of aryl methyl sites for hydroxylation is 1. The molecule has 0 saturated heterocycles. The molecule has 0 unspecified atom stereocenters. The zero-order valence-electron chi connectivity index (χ0n) is 9.87. The Bertz CT molecular complexity index is 330. The van der Waals surface area contributed by atoms with Gasteiger partial charge in [0.25, 0.3) is 0 Å². The minimum atomic E-state index is 0.698. The fourth-order valence-electron chi connectivity index (χ4n) is 2.28. The van der Waals surface area contributed by atoms with E-state index in [0.29, 0.717) is 5.92 Å². The van der Waals surface area contributed by atoms with Gasteiger partial charge in [-0.15, -0.1) is 11.3 Å². The van der Waals surface area contributed by atoms with Crippen LogP contribution in [0.4, 0.5) is 5.00 Å². The van der Waals surface area contributed by atoms with Crippen molar-refractivity contribution >= 4 is 28.1 Å². The van der Waals surface area contributed by atoms with E-state index in [0.717, 1.165) is 22.9 Å². The first kappa shape index (κ1) is 12.2. The number of rotatable bonds is 4. The van der Waals surface area contributed by atoms with Crippen LogP contribution in [0.3, 0.4) is 0 Å². The van der Waals surface area contributed by atoms with E-state index in [9.17, 15) is 0 Å². The van der Waals surface area contributed by atoms with E-state index in [1.54, 1.807) is 11.3 Å². The average Bonchev–Trinajstić information content (AvgIpc) is 2.69. The lowest BCUT2D eigenvalue weighted by atomic mass is 9.90. The van der Waals surface area contributed by atoms with Gasteiger partial charge in [-0.3, -0.25) is 0 Å². The highest BCUT2D eigenvalue weighted by Crippen LogP contribution is 2.36. The Balaban J connectivity index is 2.03. The number of nitrogen functional groups attached to an aromatic ring is 1. The molecule has 2 rings (SSSR count). The smallest absolute Gasteiger partial charge is 0.109 e. The van der Waals surface area contributed by atoms with Gasteiger partial charge in [-0.05, 0) is 24.9 Å². The maximum atomic E-state index is 6.04. The molecule has 1 aliphatic rings. The van der Waals surface area contributed by atoms with E-state index in [-0.39, 0.29) is 0 Å². The summed E-state index contributed by atoms with van der Waals surface area (Å²) in [6, 6.07) is 0. The van der Waals surface area contributed by atoms with Crippen molar-refractivity contribution in [3.63, 3.8) is 0 Å². The van der Waals surface area contributed by atoms with Gasteiger partial charge in [-0.1, -0.05) is 19.3 Å². The number of nitrogens with zero attached hydrogens (tertiary/aromatic N) is 1. The monoisotopic (exact) mass is 256 g/mol. The van der Waals surface area contributed by atoms with Crippen LogP contribution in [0.1, 0.15) is 48.7 Å². The van der Waals surface area contributed by atoms with E-state index in [1.807, 2.05) is 11.8 Å². The molecule has 1 aromatic heterocycles. The third kappa shape index (κ3) is 2.92. The van der Waals surface area contributed by atoms with Crippen molar-refractivity contribution in [3.8, 4) is 0 Å². The van der Waals surface area contributed by atoms with Crippen LogP contribution in [0, 0.1) is 0 Å². The Morgan fingerprint density at radius 3 is 2.81 bits per heavy atom. The topological polar surface area (TPSA) is 38.9 Å². The van der Waals surface area contributed by atoms with Gasteiger partial charge in [0.15, 0.2) is 0 Å². The second kappa shape index (κ2) is 5.92. The maximum Gasteiger partial charge on any atom is 0.109 e. The first-order valence-electron chi connectivity index (χ1n) is 6.05. The number of anilines is 1. The number of hydrogen-bond donors (Lipinski definition) is 1. The minimum absolute atomic E-state index is 0.698. The molecule has 0 aromatic carbocycles. The quantitative estimate of drug-likeness (QED) is 0.893. The van der Waals surface area contributed by atoms with Gasteiger partial charge in [-0.2, -0.15) is 11.8 Å². The number of nitrogens with two attached hydrogens (primary N) is 1. The molecule has 0 amide bonds. The summed E-state index contributed by atoms with van der Waals surface area (Å²) in [6.45, 7) is 0. The highest BCUT2D eigenvalue weighted by atomic mass is 32.2. The molecule has 16 heavy (non-hydrogen) atoms. The summed E-state index contributed by atoms with van der Waals surface area (Å²) >= 11 is 3.59. The molecule has 1 aromatic rings. The molecule has 0 radical (unpaired) electrons. The fraction of sp³-hybridized carbons (Fsp3) is 0.750. The van der Waals surface area contributed by atoms with Crippen molar-refractivity contribution in [2.75, 3.05) is 17.7 Å². The molecule has 2 N–H and O–H groups in total. The van der Waals surface area contributed by atoms with Crippen LogP contribution >= 0.6 is 23.1 Å². The molecule has 1 fully saturated rings. The molecule has 1 heterocycles. The van der Waals surface area contributed by atoms with Gasteiger partial charge in [0, 0.05) is 12.3 Å². The van der Waals surface area contributed by atoms with Crippen molar-refractivity contribution in [2.24, 2.45) is 0 Å². The van der Waals surface area contributed by atoms with Crippen LogP contribution in [0.5, 0.6) is 0 Å². The van der Waals surface area contributed by atoms with Gasteiger partial charge in [0.05, 0.1) is 10.7 Å². The standard InChI is InChI=1S/C12H20N2S2/c1-15-8-7-10-11(13)16-12(14-10)9-5-3-2-4-6-9/h9H,2-8,13H2,1H3. The summed E-state index contributed by atoms with van der Waals surface area (Å²) in [7, 11) is 0. The zero-order valence-corrected chi connectivity index (χ0v) is 11.5. The third-order valence-electron chi connectivity index (χ3n) is 3.24. The highest BCUT2D eigenvalue weighted by Gasteiger charge is 2.20. The second-order valence-electron chi connectivity index (χ2n) is 4.44. The van der Waals surface area contributed by atoms with Crippen molar-refractivity contribution in [1.82, 2.24) is 4.98 Å². The van der Waals surface area contributed by atoms with Gasteiger partial charge >= 0.3 is 0 Å². The lowest BCUT2D eigenvalue weighted by Gasteiger charge is -2.18. The van der Waals surface area contributed by atoms with E-state index in [1.165, 1.54) is 37.1 Å². The molecule has 90 valence electrons. The number of thioether (sulfide) groups is 1. The van der Waals surface area contributed by atoms with Crippen molar-refractivity contribution in [2.45, 2.75) is 44.4 Å². The first-order chi connectivity index (χ1) is 7.81. The van der Waals surface area contributed by atoms with Crippen LogP contribution in [-0.4, -0.2) is 17.0 Å². The average molecular weight is 256 g/mol. The molecule has 1 saturated carbocycles. The summed E-state index contributed by atoms with van der Waals surface area (Å²) in [4.78, 5) is 4.75. The Morgan fingerprint density at radius 2 is 2.12 bits per heavy atom. The van der Waals surface area contributed by atoms with Gasteiger partial charge < -0.3 is 5.73 Å². The predicted molar refractivity (Wildman–Crippen MR) is 74.4 cm³/mol. The molecular formula is C12H20N2S2. The SMILES string of the molecule is CSCCc1nc(C2CCCCC2)sc1N. The zero-order chi connectivity index (χ0) is 11.4. The summed E-state index contributed by atoms with van der Waals surface area (Å²) < 4.78 is 0. The third-order valence-corrected chi connectivity index (χ3v) is 4.94. The largest absolute Gasteiger partial charge is 0.389 e. The minimum Gasteiger partial charge on any atom is -0.389 e. The molecule has 4 heteroatoms. The van der Waals surface area contributed by atoms with E-state index in [4.69, 9.17) is 10.7 Å². The molecule has 0 atom stereocenters. The van der Waals surface area contributed by atoms with Crippen LogP contribution in [-0.2, 0) is 6.42 Å². The van der Waals surface area contributed by atoms with Crippen molar-refractivity contribution in [3.05, 3.63) is 10.7 Å². The first-order valence-corrected chi connectivity index (χ1v) is 8.26. The van der Waals surface area contributed by atoms with Gasteiger partial charge in [0.2, 0.25) is 0 Å². The summed E-state index contributed by atoms with van der Waals surface area (Å²) in [6.07, 6.45) is 9.91. The lowest BCUT2D eigenvalue weighted by Crippen LogP contribution is -2.04. The normalized spacial score (nSPS) is 17.8. The number of hydrogen-bond acceptors (Lipinski definition) is 4. The Morgan fingerprint density at radius 1 is 1.38 bits per heavy atom. The molecule has 0 bridgehead atoms. The number of thiazole rings is 1. The predicted octanol–water partition coefficient (Wildman–Crippen LogP) is 3.68. The van der Waals surface area contributed by atoms with Crippen molar-refractivity contribution in [1.29, 1.82) is 0 Å². The number of aromatic nitrogens is 1. The van der Waals surface area contributed by atoms with Crippen LogP contribution < -0.4 is 5.73 Å². The van der Waals surface area contributed by atoms with Crippen LogP contribution in [0.2, 0.25) is 0 Å². The summed E-state index contributed by atoms with van der Waals surface area (Å²) in [5.74, 6) is 1.82. The van der Waals surface area contributed by atoms with Crippen LogP contribution in [0.15, 0.2) is 0 Å². The molecule has 2 nitrogen and oxygen atoms in total. The Kier molecular flexibility index (Phi) is 4.53. The fourth-order valence-corrected chi connectivity index (χ4v) is 3.73. The molecule has 0 spiro atoms. The van der Waals surface area contributed by atoms with Crippen molar-refractivity contribution < 1.29 is 0 Å².